The maximum absolute atomic E-state index is 13.0. The van der Waals surface area contributed by atoms with Gasteiger partial charge in [-0.15, -0.1) is 0 Å². The quantitative estimate of drug-likeness (QED) is 0.579. The van der Waals surface area contributed by atoms with Gasteiger partial charge in [0, 0.05) is 50.3 Å². The molecule has 1 aliphatic heterocycles. The topological polar surface area (TPSA) is 65.2 Å². The monoisotopic (exact) mass is 391 g/mol. The molecular weight excluding hydrogens is 362 g/mol. The molecular formula is C23H29N5O. The highest BCUT2D eigenvalue weighted by Gasteiger charge is 2.24. The summed E-state index contributed by atoms with van der Waals surface area (Å²) in [5, 5.41) is 9.64. The van der Waals surface area contributed by atoms with Crippen LogP contribution in [-0.4, -0.2) is 46.5 Å². The predicted molar refractivity (Wildman–Crippen MR) is 115 cm³/mol. The molecule has 2 aromatic rings. The van der Waals surface area contributed by atoms with Crippen LogP contribution in [0, 0.1) is 31.1 Å². The van der Waals surface area contributed by atoms with Crippen molar-refractivity contribution < 1.29 is 4.79 Å². The van der Waals surface area contributed by atoms with Crippen LogP contribution in [0.1, 0.15) is 30.8 Å². The van der Waals surface area contributed by atoms with Crippen molar-refractivity contribution in [3.05, 3.63) is 53.0 Å². The van der Waals surface area contributed by atoms with Gasteiger partial charge in [0.05, 0.1) is 0 Å². The van der Waals surface area contributed by atoms with Gasteiger partial charge in [-0.1, -0.05) is 19.9 Å². The molecule has 3 rings (SSSR count). The number of nitrogens with zero attached hydrogens (tertiary/aromatic N) is 5. The third-order valence-electron chi connectivity index (χ3n) is 5.35. The molecule has 6 heteroatoms. The van der Waals surface area contributed by atoms with Crippen LogP contribution in [0.3, 0.4) is 0 Å². The van der Waals surface area contributed by atoms with Crippen molar-refractivity contribution in [2.75, 3.05) is 31.1 Å². The Morgan fingerprint density at radius 1 is 1.24 bits per heavy atom. The van der Waals surface area contributed by atoms with E-state index in [-0.39, 0.29) is 11.5 Å². The highest BCUT2D eigenvalue weighted by atomic mass is 16.2. The fourth-order valence-electron chi connectivity index (χ4n) is 3.77. The zero-order valence-corrected chi connectivity index (χ0v) is 17.7. The minimum atomic E-state index is -0.193. The molecule has 3 heterocycles. The summed E-state index contributed by atoms with van der Waals surface area (Å²) in [7, 11) is 0. The van der Waals surface area contributed by atoms with Crippen LogP contribution in [0.15, 0.2) is 36.0 Å². The first kappa shape index (κ1) is 20.7. The number of aromatic nitrogens is 2. The fraction of sp³-hybridized carbons (Fsp3) is 0.435. The molecule has 0 aromatic carbocycles. The zero-order valence-electron chi connectivity index (χ0n) is 17.7. The molecule has 0 N–H and O–H groups in total. The summed E-state index contributed by atoms with van der Waals surface area (Å²) in [6, 6.07) is 10.0. The summed E-state index contributed by atoms with van der Waals surface area (Å²) in [5.74, 6) is 1.26. The minimum Gasteiger partial charge on any atom is -0.353 e. The first-order valence-electron chi connectivity index (χ1n) is 10.1. The maximum Gasteiger partial charge on any atom is 0.264 e. The lowest BCUT2D eigenvalue weighted by molar-refractivity contribution is -0.126. The van der Waals surface area contributed by atoms with Gasteiger partial charge in [0.15, 0.2) is 0 Å². The highest BCUT2D eigenvalue weighted by molar-refractivity contribution is 6.02. The Morgan fingerprint density at radius 2 is 1.97 bits per heavy atom. The van der Waals surface area contributed by atoms with Crippen molar-refractivity contribution in [2.45, 2.75) is 34.2 Å². The van der Waals surface area contributed by atoms with E-state index < -0.39 is 0 Å². The Balaban J connectivity index is 1.72. The number of pyridine rings is 1. The normalized spacial score (nSPS) is 15.0. The van der Waals surface area contributed by atoms with Gasteiger partial charge in [0.25, 0.3) is 5.91 Å². The van der Waals surface area contributed by atoms with Crippen LogP contribution in [-0.2, 0) is 11.3 Å². The van der Waals surface area contributed by atoms with Crippen LogP contribution >= 0.6 is 0 Å². The van der Waals surface area contributed by atoms with E-state index in [4.69, 9.17) is 0 Å². The van der Waals surface area contributed by atoms with E-state index in [1.807, 2.05) is 25.1 Å². The average Bonchev–Trinajstić information content (AvgIpc) is 2.99. The third kappa shape index (κ3) is 4.68. The minimum absolute atomic E-state index is 0.193. The number of aryl methyl sites for hydroxylation is 1. The van der Waals surface area contributed by atoms with Gasteiger partial charge < -0.3 is 14.4 Å². The lowest BCUT2D eigenvalue weighted by Gasteiger charge is -2.35. The van der Waals surface area contributed by atoms with Gasteiger partial charge in [-0.25, -0.2) is 4.98 Å². The summed E-state index contributed by atoms with van der Waals surface area (Å²) < 4.78 is 2.25. The number of hydrogen-bond donors (Lipinski definition) is 0. The third-order valence-corrected chi connectivity index (χ3v) is 5.35. The predicted octanol–water partition coefficient (Wildman–Crippen LogP) is 3.41. The average molecular weight is 392 g/mol. The van der Waals surface area contributed by atoms with Crippen molar-refractivity contribution in [3.63, 3.8) is 0 Å². The molecule has 152 valence electrons. The highest BCUT2D eigenvalue weighted by Crippen LogP contribution is 2.21. The maximum atomic E-state index is 13.0. The Morgan fingerprint density at radius 3 is 2.55 bits per heavy atom. The number of amides is 1. The Labute approximate surface area is 173 Å². The number of carbonyl (C=O) groups is 1. The number of carbonyl (C=O) groups excluding carboxylic acids is 1. The first-order valence-corrected chi connectivity index (χ1v) is 10.1. The van der Waals surface area contributed by atoms with E-state index in [0.717, 1.165) is 29.3 Å². The van der Waals surface area contributed by atoms with Gasteiger partial charge in [-0.2, -0.15) is 5.26 Å². The lowest BCUT2D eigenvalue weighted by atomic mass is 10.1. The van der Waals surface area contributed by atoms with E-state index in [0.29, 0.717) is 32.1 Å². The van der Waals surface area contributed by atoms with Crippen LogP contribution < -0.4 is 4.90 Å². The summed E-state index contributed by atoms with van der Waals surface area (Å²) in [5.41, 5.74) is 3.38. The molecule has 0 atom stereocenters. The van der Waals surface area contributed by atoms with Gasteiger partial charge in [0.1, 0.15) is 17.5 Å². The molecule has 2 aromatic heterocycles. The van der Waals surface area contributed by atoms with Crippen molar-refractivity contribution in [1.29, 1.82) is 5.26 Å². The van der Waals surface area contributed by atoms with Crippen LogP contribution in [0.5, 0.6) is 0 Å². The SMILES string of the molecule is Cc1cc(/C=C(/C#N)C(=O)N2CCN(c3ccccn3)CC2)c(C)n1CC(C)C. The van der Waals surface area contributed by atoms with E-state index in [9.17, 15) is 10.1 Å². The molecule has 1 saturated heterocycles. The molecule has 0 unspecified atom stereocenters. The zero-order chi connectivity index (χ0) is 21.0. The fourth-order valence-corrected chi connectivity index (χ4v) is 3.77. The number of anilines is 1. The van der Waals surface area contributed by atoms with E-state index >= 15 is 0 Å². The van der Waals surface area contributed by atoms with Crippen LogP contribution in [0.4, 0.5) is 5.82 Å². The lowest BCUT2D eigenvalue weighted by Crippen LogP contribution is -2.49. The van der Waals surface area contributed by atoms with E-state index in [1.165, 1.54) is 0 Å². The Kier molecular flexibility index (Phi) is 6.38. The molecule has 0 aliphatic carbocycles. The van der Waals surface area contributed by atoms with Crippen molar-refractivity contribution in [2.24, 2.45) is 5.92 Å². The molecule has 0 bridgehead atoms. The summed E-state index contributed by atoms with van der Waals surface area (Å²) in [6.07, 6.45) is 3.52. The molecule has 1 amide bonds. The van der Waals surface area contributed by atoms with Gasteiger partial charge in [0.2, 0.25) is 0 Å². The summed E-state index contributed by atoms with van der Waals surface area (Å²) >= 11 is 0. The van der Waals surface area contributed by atoms with Crippen LogP contribution in [0.25, 0.3) is 6.08 Å². The molecule has 0 saturated carbocycles. The number of hydrogen-bond acceptors (Lipinski definition) is 4. The van der Waals surface area contributed by atoms with Gasteiger partial charge in [-0.3, -0.25) is 4.79 Å². The summed E-state index contributed by atoms with van der Waals surface area (Å²) in [6.45, 7) is 12.0. The second-order valence-corrected chi connectivity index (χ2v) is 7.97. The van der Waals surface area contributed by atoms with E-state index in [1.54, 1.807) is 17.2 Å². The second kappa shape index (κ2) is 8.95. The molecule has 1 aliphatic rings. The standard InChI is InChI=1S/C23H29N5O/c1-17(2)16-28-18(3)13-20(19(28)4)14-21(15-24)23(29)27-11-9-26(10-12-27)22-7-5-6-8-25-22/h5-8,13-14,17H,9-12,16H2,1-4H3/b21-14-. The van der Waals surface area contributed by atoms with Crippen LogP contribution in [0.2, 0.25) is 0 Å². The number of piperazine rings is 1. The molecule has 0 radical (unpaired) electrons. The number of nitriles is 1. The van der Waals surface area contributed by atoms with Crippen molar-refractivity contribution in [1.82, 2.24) is 14.5 Å². The Bertz CT molecular complexity index is 928. The molecule has 1 fully saturated rings. The largest absolute Gasteiger partial charge is 0.353 e. The van der Waals surface area contributed by atoms with Crippen molar-refractivity contribution >= 4 is 17.8 Å². The van der Waals surface area contributed by atoms with Crippen molar-refractivity contribution in [3.8, 4) is 6.07 Å². The first-order chi connectivity index (χ1) is 13.9. The number of rotatable bonds is 5. The molecule has 0 spiro atoms. The molecule has 29 heavy (non-hydrogen) atoms. The van der Waals surface area contributed by atoms with Gasteiger partial charge >= 0.3 is 0 Å². The van der Waals surface area contributed by atoms with E-state index in [2.05, 4.69) is 47.4 Å². The Hall–Kier alpha value is -3.07. The molecule has 6 nitrogen and oxygen atoms in total. The summed E-state index contributed by atoms with van der Waals surface area (Å²) in [4.78, 5) is 21.3. The van der Waals surface area contributed by atoms with Gasteiger partial charge in [-0.05, 0) is 49.6 Å². The second-order valence-electron chi connectivity index (χ2n) is 7.97. The smallest absolute Gasteiger partial charge is 0.264 e.